The van der Waals surface area contributed by atoms with Gasteiger partial charge in [0, 0.05) is 0 Å². The molecule has 1 N–H and O–H groups in total. The lowest BCUT2D eigenvalue weighted by atomic mass is 10.1. The Labute approximate surface area is 198 Å². The van der Waals surface area contributed by atoms with E-state index < -0.39 is 30.3 Å². The van der Waals surface area contributed by atoms with Crippen molar-refractivity contribution in [1.82, 2.24) is 4.90 Å². The van der Waals surface area contributed by atoms with Crippen molar-refractivity contribution in [2.24, 2.45) is 0 Å². The van der Waals surface area contributed by atoms with Gasteiger partial charge in [-0.1, -0.05) is 91.0 Å². The van der Waals surface area contributed by atoms with Crippen molar-refractivity contribution in [3.05, 3.63) is 108 Å². The molecule has 1 amide bonds. The minimum atomic E-state index is -1.23. The van der Waals surface area contributed by atoms with E-state index in [1.807, 2.05) is 91.0 Å². The summed E-state index contributed by atoms with van der Waals surface area (Å²) >= 11 is 0. The van der Waals surface area contributed by atoms with Crippen molar-refractivity contribution in [3.63, 3.8) is 0 Å². The van der Waals surface area contributed by atoms with Gasteiger partial charge in [0.1, 0.15) is 18.8 Å². The molecular weight excluding hydrogens is 434 g/mol. The summed E-state index contributed by atoms with van der Waals surface area (Å²) in [7, 11) is 0. The zero-order valence-corrected chi connectivity index (χ0v) is 18.7. The average molecular weight is 462 g/mol. The van der Waals surface area contributed by atoms with Crippen molar-refractivity contribution < 1.29 is 28.9 Å². The molecule has 1 aliphatic rings. The van der Waals surface area contributed by atoms with Crippen LogP contribution in [0.5, 0.6) is 0 Å². The van der Waals surface area contributed by atoms with Crippen molar-refractivity contribution in [1.29, 1.82) is 0 Å². The number of hydrogen-bond donors (Lipinski definition) is 1. The number of rotatable bonds is 9. The largest absolute Gasteiger partial charge is 0.480 e. The number of carbonyl (C=O) groups is 2. The topological polar surface area (TPSA) is 85.3 Å². The molecule has 176 valence electrons. The van der Waals surface area contributed by atoms with Gasteiger partial charge in [-0.15, -0.1) is 0 Å². The molecule has 3 aromatic rings. The van der Waals surface area contributed by atoms with E-state index in [9.17, 15) is 14.7 Å². The van der Waals surface area contributed by atoms with Gasteiger partial charge in [0.25, 0.3) is 0 Å². The van der Waals surface area contributed by atoms with Crippen LogP contribution in [-0.4, -0.2) is 46.9 Å². The van der Waals surface area contributed by atoms with Crippen LogP contribution in [0.25, 0.3) is 0 Å². The van der Waals surface area contributed by atoms with Crippen molar-refractivity contribution in [3.8, 4) is 0 Å². The van der Waals surface area contributed by atoms with Gasteiger partial charge in [-0.3, -0.25) is 4.90 Å². The highest BCUT2D eigenvalue weighted by atomic mass is 16.6. The smallest absolute Gasteiger partial charge is 0.411 e. The number of amides is 1. The second-order valence-electron chi connectivity index (χ2n) is 8.07. The fourth-order valence-corrected chi connectivity index (χ4v) is 3.95. The lowest BCUT2D eigenvalue weighted by Crippen LogP contribution is -2.46. The molecular formula is C27H27NO6. The van der Waals surface area contributed by atoms with Gasteiger partial charge in [-0.25, -0.2) is 9.59 Å². The molecule has 0 spiro atoms. The van der Waals surface area contributed by atoms with Gasteiger partial charge >= 0.3 is 12.1 Å². The molecule has 3 atom stereocenters. The molecule has 0 aliphatic carbocycles. The molecule has 34 heavy (non-hydrogen) atoms. The number of carbonyl (C=O) groups excluding carboxylic acids is 1. The minimum Gasteiger partial charge on any atom is -0.480 e. The number of likely N-dealkylation sites (tertiary alicyclic amines) is 1. The van der Waals surface area contributed by atoms with Gasteiger partial charge in [0.2, 0.25) is 0 Å². The first-order valence-corrected chi connectivity index (χ1v) is 11.1. The van der Waals surface area contributed by atoms with Crippen LogP contribution in [0.4, 0.5) is 4.79 Å². The monoisotopic (exact) mass is 461 g/mol. The summed E-state index contributed by atoms with van der Waals surface area (Å²) < 4.78 is 17.6. The number of aliphatic carboxylic acids is 1. The molecule has 7 heteroatoms. The summed E-state index contributed by atoms with van der Waals surface area (Å²) in [6.07, 6.45) is -2.20. The van der Waals surface area contributed by atoms with Crippen LogP contribution in [0.2, 0.25) is 0 Å². The van der Waals surface area contributed by atoms with E-state index in [4.69, 9.17) is 14.2 Å². The van der Waals surface area contributed by atoms with Crippen LogP contribution in [0.1, 0.15) is 16.7 Å². The van der Waals surface area contributed by atoms with E-state index in [0.717, 1.165) is 16.7 Å². The Morgan fingerprint density at radius 3 is 1.71 bits per heavy atom. The maximum atomic E-state index is 12.9. The maximum absolute atomic E-state index is 12.9. The van der Waals surface area contributed by atoms with E-state index in [1.54, 1.807) is 0 Å². The summed E-state index contributed by atoms with van der Waals surface area (Å²) in [6, 6.07) is 27.1. The van der Waals surface area contributed by atoms with Crippen LogP contribution in [0.15, 0.2) is 91.0 Å². The lowest BCUT2D eigenvalue weighted by Gasteiger charge is -2.24. The highest BCUT2D eigenvalue weighted by Crippen LogP contribution is 2.27. The average Bonchev–Trinajstić information content (AvgIpc) is 3.25. The normalized spacial score (nSPS) is 19.6. The first-order chi connectivity index (χ1) is 16.6. The third kappa shape index (κ3) is 6.01. The Kier molecular flexibility index (Phi) is 7.91. The first-order valence-electron chi connectivity index (χ1n) is 11.1. The molecule has 1 heterocycles. The standard InChI is InChI=1S/C27H27NO6/c29-26(30)24-25(33-18-21-12-6-2-7-13-21)23(32-17-20-10-4-1-5-11-20)16-28(24)27(31)34-19-22-14-8-3-9-15-22/h1-15,23-25H,16-19H2,(H,29,30)/t23-,24-,25-/m1/s1. The number of carboxylic acids is 1. The molecule has 0 radical (unpaired) electrons. The summed E-state index contributed by atoms with van der Waals surface area (Å²) in [6.45, 7) is 0.577. The Balaban J connectivity index is 1.49. The molecule has 7 nitrogen and oxygen atoms in total. The molecule has 0 aromatic heterocycles. The first kappa shape index (κ1) is 23.5. The minimum absolute atomic E-state index is 0.0492. The van der Waals surface area contributed by atoms with Gasteiger partial charge in [-0.2, -0.15) is 0 Å². The number of hydrogen-bond acceptors (Lipinski definition) is 5. The summed E-state index contributed by atoms with van der Waals surface area (Å²) in [5.74, 6) is -1.17. The van der Waals surface area contributed by atoms with E-state index in [-0.39, 0.29) is 26.4 Å². The fourth-order valence-electron chi connectivity index (χ4n) is 3.95. The number of ether oxygens (including phenoxy) is 3. The van der Waals surface area contributed by atoms with Crippen molar-refractivity contribution in [2.45, 2.75) is 38.1 Å². The number of benzene rings is 3. The predicted octanol–water partition coefficient (Wildman–Crippen LogP) is 4.26. The third-order valence-corrected chi connectivity index (χ3v) is 5.67. The van der Waals surface area contributed by atoms with Crippen LogP contribution in [-0.2, 0) is 38.8 Å². The second kappa shape index (κ2) is 11.4. The van der Waals surface area contributed by atoms with Gasteiger partial charge < -0.3 is 19.3 Å². The molecule has 0 saturated carbocycles. The quantitative estimate of drug-likeness (QED) is 0.513. The van der Waals surface area contributed by atoms with E-state index in [2.05, 4.69) is 0 Å². The summed E-state index contributed by atoms with van der Waals surface area (Å²) in [5, 5.41) is 10.0. The zero-order valence-electron chi connectivity index (χ0n) is 18.7. The molecule has 4 rings (SSSR count). The van der Waals surface area contributed by atoms with Crippen molar-refractivity contribution >= 4 is 12.1 Å². The summed E-state index contributed by atoms with van der Waals surface area (Å²) in [5.41, 5.74) is 2.66. The Bertz CT molecular complexity index is 1060. The highest BCUT2D eigenvalue weighted by Gasteiger charge is 2.50. The third-order valence-electron chi connectivity index (χ3n) is 5.67. The van der Waals surface area contributed by atoms with Crippen LogP contribution >= 0.6 is 0 Å². The van der Waals surface area contributed by atoms with Crippen LogP contribution in [0, 0.1) is 0 Å². The van der Waals surface area contributed by atoms with E-state index in [1.165, 1.54) is 4.90 Å². The number of nitrogens with zero attached hydrogens (tertiary/aromatic N) is 1. The molecule has 0 bridgehead atoms. The van der Waals surface area contributed by atoms with Crippen LogP contribution in [0.3, 0.4) is 0 Å². The van der Waals surface area contributed by atoms with Crippen molar-refractivity contribution in [2.75, 3.05) is 6.54 Å². The molecule has 1 fully saturated rings. The SMILES string of the molecule is O=C(O)[C@H]1[C@H](OCc2ccccc2)[C@H](OCc2ccccc2)CN1C(=O)OCc1ccccc1. The molecule has 0 unspecified atom stereocenters. The van der Waals surface area contributed by atoms with Crippen LogP contribution < -0.4 is 0 Å². The Hall–Kier alpha value is -3.68. The molecule has 1 saturated heterocycles. The lowest BCUT2D eigenvalue weighted by molar-refractivity contribution is -0.148. The fraction of sp³-hybridized carbons (Fsp3) is 0.259. The molecule has 3 aromatic carbocycles. The zero-order chi connectivity index (χ0) is 23.8. The van der Waals surface area contributed by atoms with E-state index >= 15 is 0 Å². The summed E-state index contributed by atoms with van der Waals surface area (Å²) in [4.78, 5) is 26.3. The number of carboxylic acid groups (broad SMARTS) is 1. The Morgan fingerprint density at radius 2 is 1.21 bits per heavy atom. The maximum Gasteiger partial charge on any atom is 0.411 e. The Morgan fingerprint density at radius 1 is 0.735 bits per heavy atom. The van der Waals surface area contributed by atoms with Gasteiger partial charge in [0.15, 0.2) is 6.04 Å². The second-order valence-corrected chi connectivity index (χ2v) is 8.07. The highest BCUT2D eigenvalue weighted by molar-refractivity contribution is 5.81. The predicted molar refractivity (Wildman–Crippen MR) is 125 cm³/mol. The van der Waals surface area contributed by atoms with E-state index in [0.29, 0.717) is 0 Å². The molecule has 1 aliphatic heterocycles. The van der Waals surface area contributed by atoms with Gasteiger partial charge in [-0.05, 0) is 16.7 Å². The van der Waals surface area contributed by atoms with Gasteiger partial charge in [0.05, 0.1) is 19.8 Å².